The van der Waals surface area contributed by atoms with Crippen LogP contribution >= 0.6 is 23.2 Å². The number of hydrogen-bond donors (Lipinski definition) is 1. The van der Waals surface area contributed by atoms with E-state index in [1.165, 1.54) is 0 Å². The molecule has 0 saturated carbocycles. The topological polar surface area (TPSA) is 35.8 Å². The predicted molar refractivity (Wildman–Crippen MR) is 79.7 cm³/mol. The van der Waals surface area contributed by atoms with E-state index in [4.69, 9.17) is 28.5 Å². The SMILES string of the molecule is CC(Nc1ccccc1C#N)c1cc(Cl)ccc1Cl. The van der Waals surface area contributed by atoms with Crippen molar-refractivity contribution in [1.82, 2.24) is 0 Å². The average molecular weight is 291 g/mol. The van der Waals surface area contributed by atoms with E-state index >= 15 is 0 Å². The molecule has 0 aliphatic rings. The van der Waals surface area contributed by atoms with Gasteiger partial charge in [-0.15, -0.1) is 0 Å². The van der Waals surface area contributed by atoms with E-state index in [1.807, 2.05) is 31.2 Å². The Kier molecular flexibility index (Phi) is 4.31. The molecule has 2 aromatic rings. The van der Waals surface area contributed by atoms with Gasteiger partial charge in [0.2, 0.25) is 0 Å². The van der Waals surface area contributed by atoms with E-state index in [0.29, 0.717) is 15.6 Å². The number of para-hydroxylation sites is 1. The van der Waals surface area contributed by atoms with Gasteiger partial charge in [-0.3, -0.25) is 0 Å². The molecule has 19 heavy (non-hydrogen) atoms. The van der Waals surface area contributed by atoms with Crippen LogP contribution in [0, 0.1) is 11.3 Å². The lowest BCUT2D eigenvalue weighted by atomic mass is 10.1. The van der Waals surface area contributed by atoms with Gasteiger partial charge in [0.05, 0.1) is 17.3 Å². The highest BCUT2D eigenvalue weighted by Crippen LogP contribution is 2.29. The maximum absolute atomic E-state index is 9.06. The molecule has 0 fully saturated rings. The number of halogens is 2. The van der Waals surface area contributed by atoms with Crippen LogP contribution in [0.1, 0.15) is 24.1 Å². The number of anilines is 1. The molecule has 2 nitrogen and oxygen atoms in total. The molecule has 2 aromatic carbocycles. The molecule has 1 atom stereocenters. The molecular weight excluding hydrogens is 279 g/mol. The highest BCUT2D eigenvalue weighted by molar-refractivity contribution is 6.33. The third-order valence-corrected chi connectivity index (χ3v) is 3.42. The van der Waals surface area contributed by atoms with Gasteiger partial charge in [0.25, 0.3) is 0 Å². The maximum atomic E-state index is 9.06. The molecule has 0 spiro atoms. The van der Waals surface area contributed by atoms with Gasteiger partial charge in [-0.25, -0.2) is 0 Å². The molecule has 0 aliphatic heterocycles. The summed E-state index contributed by atoms with van der Waals surface area (Å²) in [4.78, 5) is 0. The molecule has 2 rings (SSSR count). The van der Waals surface area contributed by atoms with Crippen LogP contribution in [0.3, 0.4) is 0 Å². The van der Waals surface area contributed by atoms with Gasteiger partial charge in [0.1, 0.15) is 6.07 Å². The third-order valence-electron chi connectivity index (χ3n) is 2.84. The van der Waals surface area contributed by atoms with Gasteiger partial charge in [0, 0.05) is 10.0 Å². The molecule has 0 radical (unpaired) electrons. The molecule has 4 heteroatoms. The van der Waals surface area contributed by atoms with Crippen LogP contribution in [0.25, 0.3) is 0 Å². The van der Waals surface area contributed by atoms with Crippen LogP contribution in [0.15, 0.2) is 42.5 Å². The monoisotopic (exact) mass is 290 g/mol. The van der Waals surface area contributed by atoms with Gasteiger partial charge in [-0.2, -0.15) is 5.26 Å². The molecule has 1 N–H and O–H groups in total. The van der Waals surface area contributed by atoms with Crippen LogP contribution in [0.5, 0.6) is 0 Å². The van der Waals surface area contributed by atoms with Crippen molar-refractivity contribution in [2.45, 2.75) is 13.0 Å². The minimum Gasteiger partial charge on any atom is -0.377 e. The molecule has 0 aromatic heterocycles. The largest absolute Gasteiger partial charge is 0.377 e. The summed E-state index contributed by atoms with van der Waals surface area (Å²) in [5.41, 5.74) is 2.29. The summed E-state index contributed by atoms with van der Waals surface area (Å²) in [7, 11) is 0. The second kappa shape index (κ2) is 5.97. The second-order valence-electron chi connectivity index (χ2n) is 4.19. The Balaban J connectivity index is 2.28. The maximum Gasteiger partial charge on any atom is 0.101 e. The molecule has 96 valence electrons. The number of nitrogens with zero attached hydrogens (tertiary/aromatic N) is 1. The number of benzene rings is 2. The first-order chi connectivity index (χ1) is 9.11. The molecule has 0 saturated heterocycles. The first kappa shape index (κ1) is 13.7. The highest BCUT2D eigenvalue weighted by Gasteiger charge is 2.11. The predicted octanol–water partition coefficient (Wildman–Crippen LogP) is 5.04. The van der Waals surface area contributed by atoms with Crippen molar-refractivity contribution < 1.29 is 0 Å². The first-order valence-corrected chi connectivity index (χ1v) is 6.58. The van der Waals surface area contributed by atoms with Crippen molar-refractivity contribution in [3.8, 4) is 6.07 Å². The Bertz CT molecular complexity index is 632. The number of nitrogens with one attached hydrogen (secondary N) is 1. The normalized spacial score (nSPS) is 11.7. The quantitative estimate of drug-likeness (QED) is 0.860. The smallest absolute Gasteiger partial charge is 0.101 e. The van der Waals surface area contributed by atoms with E-state index < -0.39 is 0 Å². The molecule has 1 unspecified atom stereocenters. The Hall–Kier alpha value is -1.69. The lowest BCUT2D eigenvalue weighted by molar-refractivity contribution is 0.884. The third kappa shape index (κ3) is 3.20. The summed E-state index contributed by atoms with van der Waals surface area (Å²) in [6.45, 7) is 1.98. The Morgan fingerprint density at radius 3 is 2.63 bits per heavy atom. The summed E-state index contributed by atoms with van der Waals surface area (Å²) in [6, 6.07) is 14.8. The Morgan fingerprint density at radius 1 is 1.16 bits per heavy atom. The molecule has 0 amide bonds. The van der Waals surface area contributed by atoms with E-state index in [0.717, 1.165) is 11.3 Å². The summed E-state index contributed by atoms with van der Waals surface area (Å²) < 4.78 is 0. The molecule has 0 bridgehead atoms. The summed E-state index contributed by atoms with van der Waals surface area (Å²) in [5.74, 6) is 0. The van der Waals surface area contributed by atoms with Crippen LogP contribution in [-0.4, -0.2) is 0 Å². The minimum absolute atomic E-state index is 0.0410. The molecule has 0 heterocycles. The van der Waals surface area contributed by atoms with Crippen molar-refractivity contribution in [1.29, 1.82) is 5.26 Å². The van der Waals surface area contributed by atoms with E-state index in [2.05, 4.69) is 11.4 Å². The standard InChI is InChI=1S/C15H12Cl2N2/c1-10(13-8-12(16)6-7-14(13)17)19-15-5-3-2-4-11(15)9-18/h2-8,10,19H,1H3. The van der Waals surface area contributed by atoms with Crippen molar-refractivity contribution in [3.05, 3.63) is 63.6 Å². The minimum atomic E-state index is -0.0410. The van der Waals surface area contributed by atoms with Gasteiger partial charge in [-0.1, -0.05) is 35.3 Å². The van der Waals surface area contributed by atoms with Crippen LogP contribution in [-0.2, 0) is 0 Å². The van der Waals surface area contributed by atoms with Crippen LogP contribution in [0.2, 0.25) is 10.0 Å². The second-order valence-corrected chi connectivity index (χ2v) is 5.03. The van der Waals surface area contributed by atoms with Gasteiger partial charge < -0.3 is 5.32 Å². The Labute approximate surface area is 122 Å². The van der Waals surface area contributed by atoms with E-state index in [1.54, 1.807) is 18.2 Å². The average Bonchev–Trinajstić information content (AvgIpc) is 2.42. The molecular formula is C15H12Cl2N2. The fourth-order valence-corrected chi connectivity index (χ4v) is 2.33. The first-order valence-electron chi connectivity index (χ1n) is 5.82. The fourth-order valence-electron chi connectivity index (χ4n) is 1.86. The number of hydrogen-bond acceptors (Lipinski definition) is 2. The lowest BCUT2D eigenvalue weighted by Gasteiger charge is -2.18. The van der Waals surface area contributed by atoms with Crippen molar-refractivity contribution in [3.63, 3.8) is 0 Å². The Morgan fingerprint density at radius 2 is 1.89 bits per heavy atom. The van der Waals surface area contributed by atoms with Gasteiger partial charge in [0.15, 0.2) is 0 Å². The van der Waals surface area contributed by atoms with Crippen LogP contribution in [0.4, 0.5) is 5.69 Å². The summed E-state index contributed by atoms with van der Waals surface area (Å²) in [6.07, 6.45) is 0. The zero-order valence-electron chi connectivity index (χ0n) is 10.3. The van der Waals surface area contributed by atoms with Gasteiger partial charge in [-0.05, 0) is 42.8 Å². The number of nitriles is 1. The summed E-state index contributed by atoms with van der Waals surface area (Å²) >= 11 is 12.2. The van der Waals surface area contributed by atoms with Gasteiger partial charge >= 0.3 is 0 Å². The van der Waals surface area contributed by atoms with E-state index in [-0.39, 0.29) is 6.04 Å². The lowest BCUT2D eigenvalue weighted by Crippen LogP contribution is -2.08. The van der Waals surface area contributed by atoms with E-state index in [9.17, 15) is 0 Å². The zero-order valence-corrected chi connectivity index (χ0v) is 11.8. The van der Waals surface area contributed by atoms with Crippen molar-refractivity contribution >= 4 is 28.9 Å². The number of rotatable bonds is 3. The highest BCUT2D eigenvalue weighted by atomic mass is 35.5. The van der Waals surface area contributed by atoms with Crippen molar-refractivity contribution in [2.24, 2.45) is 0 Å². The summed E-state index contributed by atoms with van der Waals surface area (Å²) in [5, 5.41) is 13.6. The van der Waals surface area contributed by atoms with Crippen LogP contribution < -0.4 is 5.32 Å². The zero-order chi connectivity index (χ0) is 13.8. The molecule has 0 aliphatic carbocycles. The van der Waals surface area contributed by atoms with Crippen molar-refractivity contribution in [2.75, 3.05) is 5.32 Å². The fraction of sp³-hybridized carbons (Fsp3) is 0.133.